The Kier molecular flexibility index (Phi) is 4.27. The summed E-state index contributed by atoms with van der Waals surface area (Å²) in [5.41, 5.74) is -1.97. The summed E-state index contributed by atoms with van der Waals surface area (Å²) in [6, 6.07) is -0.249. The summed E-state index contributed by atoms with van der Waals surface area (Å²) in [5.74, 6) is 0.314. The lowest BCUT2D eigenvalue weighted by Crippen LogP contribution is -2.62. The minimum atomic E-state index is -4.13. The lowest BCUT2D eigenvalue weighted by Gasteiger charge is -2.53. The number of amides is 2. The molecule has 1 saturated heterocycles. The van der Waals surface area contributed by atoms with E-state index in [0.29, 0.717) is 31.8 Å². The SMILES string of the molecule is C[C@H](NC(=O)NC12CCC(C(F)(F)F)(CC1)CC2)[C@H]1CCOC1. The second kappa shape index (κ2) is 5.83. The Morgan fingerprint density at radius 3 is 2.26 bits per heavy atom. The Bertz CT molecular complexity index is 436. The van der Waals surface area contributed by atoms with Crippen LogP contribution in [0, 0.1) is 11.3 Å². The van der Waals surface area contributed by atoms with E-state index in [1.807, 2.05) is 6.92 Å². The number of carbonyl (C=O) groups is 1. The molecule has 0 aromatic carbocycles. The van der Waals surface area contributed by atoms with Crippen LogP contribution in [0.15, 0.2) is 0 Å². The van der Waals surface area contributed by atoms with Crippen molar-refractivity contribution in [1.82, 2.24) is 10.6 Å². The third-order valence-corrected chi connectivity index (χ3v) is 6.26. The van der Waals surface area contributed by atoms with E-state index in [-0.39, 0.29) is 31.3 Å². The van der Waals surface area contributed by atoms with Crippen LogP contribution in [0.5, 0.6) is 0 Å². The van der Waals surface area contributed by atoms with Crippen LogP contribution in [0.25, 0.3) is 0 Å². The van der Waals surface area contributed by atoms with Gasteiger partial charge < -0.3 is 15.4 Å². The van der Waals surface area contributed by atoms with Gasteiger partial charge in [0.25, 0.3) is 0 Å². The smallest absolute Gasteiger partial charge is 0.381 e. The van der Waals surface area contributed by atoms with Crippen molar-refractivity contribution in [2.75, 3.05) is 13.2 Å². The van der Waals surface area contributed by atoms with Crippen molar-refractivity contribution in [3.8, 4) is 0 Å². The Morgan fingerprint density at radius 1 is 1.17 bits per heavy atom. The monoisotopic (exact) mass is 334 g/mol. The Balaban J connectivity index is 1.54. The van der Waals surface area contributed by atoms with Crippen LogP contribution in [-0.4, -0.2) is 37.0 Å². The Morgan fingerprint density at radius 2 is 1.78 bits per heavy atom. The number of carbonyl (C=O) groups excluding carboxylic acids is 1. The van der Waals surface area contributed by atoms with Crippen LogP contribution in [-0.2, 0) is 4.74 Å². The molecule has 0 aromatic heterocycles. The molecule has 3 aliphatic carbocycles. The average molecular weight is 334 g/mol. The molecule has 0 aromatic rings. The van der Waals surface area contributed by atoms with Crippen molar-refractivity contribution in [3.05, 3.63) is 0 Å². The zero-order valence-electron chi connectivity index (χ0n) is 13.5. The predicted molar refractivity (Wildman–Crippen MR) is 79.0 cm³/mol. The largest absolute Gasteiger partial charge is 0.394 e. The zero-order chi connectivity index (χ0) is 16.7. The maximum atomic E-state index is 13.2. The molecule has 2 amide bonds. The molecular formula is C16H25F3N2O2. The van der Waals surface area contributed by atoms with E-state index in [2.05, 4.69) is 10.6 Å². The number of halogens is 3. The third-order valence-electron chi connectivity index (χ3n) is 6.26. The number of hydrogen-bond donors (Lipinski definition) is 2. The molecule has 4 rings (SSSR count). The van der Waals surface area contributed by atoms with Gasteiger partial charge in [-0.3, -0.25) is 0 Å². The first-order chi connectivity index (χ1) is 10.8. The molecule has 1 aliphatic heterocycles. The number of alkyl halides is 3. The van der Waals surface area contributed by atoms with Gasteiger partial charge in [0.1, 0.15) is 0 Å². The molecule has 1 heterocycles. The molecule has 2 N–H and O–H groups in total. The van der Waals surface area contributed by atoms with Crippen LogP contribution in [0.3, 0.4) is 0 Å². The van der Waals surface area contributed by atoms with Gasteiger partial charge in [0, 0.05) is 24.1 Å². The lowest BCUT2D eigenvalue weighted by molar-refractivity contribution is -0.253. The molecule has 4 fully saturated rings. The van der Waals surface area contributed by atoms with E-state index in [1.54, 1.807) is 0 Å². The fraction of sp³-hybridized carbons (Fsp3) is 0.938. The number of nitrogens with one attached hydrogen (secondary N) is 2. The minimum Gasteiger partial charge on any atom is -0.381 e. The summed E-state index contributed by atoms with van der Waals surface area (Å²) >= 11 is 0. The molecule has 4 nitrogen and oxygen atoms in total. The summed E-state index contributed by atoms with van der Waals surface area (Å²) in [6.45, 7) is 3.33. The normalized spacial score (nSPS) is 38.3. The number of fused-ring (bicyclic) bond motifs is 3. The van der Waals surface area contributed by atoms with Gasteiger partial charge >= 0.3 is 12.2 Å². The second-order valence-corrected chi connectivity index (χ2v) is 7.57. The molecule has 0 unspecified atom stereocenters. The molecule has 7 heteroatoms. The summed E-state index contributed by atoms with van der Waals surface area (Å²) in [6.07, 6.45) is -1.56. The number of hydrogen-bond acceptors (Lipinski definition) is 2. The van der Waals surface area contributed by atoms with Gasteiger partial charge in [-0.1, -0.05) is 0 Å². The van der Waals surface area contributed by atoms with E-state index in [9.17, 15) is 18.0 Å². The van der Waals surface area contributed by atoms with Crippen molar-refractivity contribution in [2.45, 2.75) is 69.6 Å². The first-order valence-electron chi connectivity index (χ1n) is 8.49. The van der Waals surface area contributed by atoms with Gasteiger partial charge in [-0.05, 0) is 51.9 Å². The second-order valence-electron chi connectivity index (χ2n) is 7.57. The highest BCUT2D eigenvalue weighted by Gasteiger charge is 2.61. The van der Waals surface area contributed by atoms with E-state index >= 15 is 0 Å². The van der Waals surface area contributed by atoms with E-state index < -0.39 is 17.1 Å². The highest BCUT2D eigenvalue weighted by atomic mass is 19.4. The van der Waals surface area contributed by atoms with Crippen molar-refractivity contribution < 1.29 is 22.7 Å². The maximum Gasteiger partial charge on any atom is 0.394 e. The van der Waals surface area contributed by atoms with Gasteiger partial charge in [0.2, 0.25) is 0 Å². The molecular weight excluding hydrogens is 309 g/mol. The molecule has 0 radical (unpaired) electrons. The fourth-order valence-corrected chi connectivity index (χ4v) is 4.35. The minimum absolute atomic E-state index is 0.00958. The summed E-state index contributed by atoms with van der Waals surface area (Å²) < 4.78 is 45.0. The van der Waals surface area contributed by atoms with Crippen molar-refractivity contribution in [2.24, 2.45) is 11.3 Å². The third kappa shape index (κ3) is 3.16. The average Bonchev–Trinajstić information content (AvgIpc) is 3.01. The van der Waals surface area contributed by atoms with Gasteiger partial charge in [0.15, 0.2) is 0 Å². The van der Waals surface area contributed by atoms with Crippen LogP contribution in [0.2, 0.25) is 0 Å². The van der Waals surface area contributed by atoms with Gasteiger partial charge in [-0.2, -0.15) is 13.2 Å². The highest BCUT2D eigenvalue weighted by molar-refractivity contribution is 5.75. The molecule has 132 valence electrons. The number of urea groups is 1. The van der Waals surface area contributed by atoms with E-state index in [1.165, 1.54) is 0 Å². The van der Waals surface area contributed by atoms with Gasteiger partial charge in [-0.15, -0.1) is 0 Å². The molecule has 23 heavy (non-hydrogen) atoms. The lowest BCUT2D eigenvalue weighted by atomic mass is 9.57. The van der Waals surface area contributed by atoms with Crippen LogP contribution >= 0.6 is 0 Å². The van der Waals surface area contributed by atoms with Crippen molar-refractivity contribution >= 4 is 6.03 Å². The summed E-state index contributed by atoms with van der Waals surface area (Å²) in [7, 11) is 0. The molecule has 2 atom stereocenters. The summed E-state index contributed by atoms with van der Waals surface area (Å²) in [5, 5.41) is 5.92. The number of rotatable bonds is 3. The van der Waals surface area contributed by atoms with Gasteiger partial charge in [-0.25, -0.2) is 4.79 Å². The van der Waals surface area contributed by atoms with Crippen molar-refractivity contribution in [3.63, 3.8) is 0 Å². The quantitative estimate of drug-likeness (QED) is 0.831. The fourth-order valence-electron chi connectivity index (χ4n) is 4.35. The maximum absolute atomic E-state index is 13.2. The van der Waals surface area contributed by atoms with Gasteiger partial charge in [0.05, 0.1) is 12.0 Å². The first-order valence-corrected chi connectivity index (χ1v) is 8.49. The van der Waals surface area contributed by atoms with Crippen LogP contribution < -0.4 is 10.6 Å². The molecule has 3 saturated carbocycles. The van der Waals surface area contributed by atoms with Crippen LogP contribution in [0.1, 0.15) is 51.9 Å². The Labute approximate surface area is 134 Å². The molecule has 2 bridgehead atoms. The zero-order valence-corrected chi connectivity index (χ0v) is 13.5. The van der Waals surface area contributed by atoms with Crippen molar-refractivity contribution in [1.29, 1.82) is 0 Å². The predicted octanol–water partition coefficient (Wildman–Crippen LogP) is 3.37. The Hall–Kier alpha value is -0.980. The number of ether oxygens (including phenoxy) is 1. The van der Waals surface area contributed by atoms with E-state index in [0.717, 1.165) is 13.0 Å². The van der Waals surface area contributed by atoms with Crippen LogP contribution in [0.4, 0.5) is 18.0 Å². The topological polar surface area (TPSA) is 50.4 Å². The highest BCUT2D eigenvalue weighted by Crippen LogP contribution is 2.59. The standard InChI is InChI=1S/C16H25F3N2O2/c1-11(12-2-9-23-10-12)20-13(22)21-15-6-3-14(4-7-15,5-8-15)16(17,18)19/h11-12H,2-10H2,1H3,(H2,20,21,22)/t11-,12-,14?,15?/m0/s1. The van der Waals surface area contributed by atoms with E-state index in [4.69, 9.17) is 4.74 Å². The summed E-state index contributed by atoms with van der Waals surface area (Å²) in [4.78, 5) is 12.3. The molecule has 4 aliphatic rings. The molecule has 0 spiro atoms. The first kappa shape index (κ1) is 16.9.